The summed E-state index contributed by atoms with van der Waals surface area (Å²) >= 11 is 0. The van der Waals surface area contributed by atoms with Crippen LogP contribution >= 0.6 is 0 Å². The normalized spacial score (nSPS) is 16.0. The molecule has 4 rings (SSSR count). The van der Waals surface area contributed by atoms with Crippen molar-refractivity contribution in [3.8, 4) is 5.88 Å². The van der Waals surface area contributed by atoms with Gasteiger partial charge in [-0.15, -0.1) is 0 Å². The standard InChI is InChI=1S/C19H18N2O3S/c1-19(2)13-6-4-5-7-15(13)20-17(19)16-12-10-11(25(3,23)24)8-9-14(12)21-18(16)22/h4-10,21-22H,1-3H3. The molecule has 2 N–H and O–H groups in total. The minimum atomic E-state index is -3.34. The zero-order valence-electron chi connectivity index (χ0n) is 14.2. The Morgan fingerprint density at radius 2 is 1.84 bits per heavy atom. The summed E-state index contributed by atoms with van der Waals surface area (Å²) in [6.45, 7) is 4.10. The van der Waals surface area contributed by atoms with E-state index in [0.29, 0.717) is 16.5 Å². The summed E-state index contributed by atoms with van der Waals surface area (Å²) in [5, 5.41) is 11.2. The van der Waals surface area contributed by atoms with Gasteiger partial charge in [0, 0.05) is 22.6 Å². The smallest absolute Gasteiger partial charge is 0.198 e. The molecule has 0 saturated carbocycles. The highest BCUT2D eigenvalue weighted by Gasteiger charge is 2.38. The number of H-pyrrole nitrogens is 1. The molecule has 0 aliphatic carbocycles. The van der Waals surface area contributed by atoms with Crippen molar-refractivity contribution in [2.45, 2.75) is 24.2 Å². The SMILES string of the molecule is CC1(C)C(c2c(O)[nH]c3ccc(S(C)(=O)=O)cc23)=Nc2ccccc21. The molecule has 0 spiro atoms. The van der Waals surface area contributed by atoms with Crippen molar-refractivity contribution >= 4 is 32.1 Å². The number of fused-ring (bicyclic) bond motifs is 2. The summed E-state index contributed by atoms with van der Waals surface area (Å²) in [7, 11) is -3.34. The van der Waals surface area contributed by atoms with Crippen molar-refractivity contribution in [2.75, 3.05) is 6.26 Å². The number of aliphatic imine (C=N–C) groups is 1. The molecular formula is C19H18N2O3S. The maximum absolute atomic E-state index is 11.9. The predicted octanol–water partition coefficient (Wildman–Crippen LogP) is 3.69. The number of sulfone groups is 1. The van der Waals surface area contributed by atoms with E-state index >= 15 is 0 Å². The summed E-state index contributed by atoms with van der Waals surface area (Å²) in [6, 6.07) is 12.7. The fourth-order valence-electron chi connectivity index (χ4n) is 3.48. The van der Waals surface area contributed by atoms with E-state index in [1.807, 2.05) is 24.3 Å². The number of nitrogens with one attached hydrogen (secondary N) is 1. The van der Waals surface area contributed by atoms with Crippen molar-refractivity contribution in [2.24, 2.45) is 4.99 Å². The molecule has 0 unspecified atom stereocenters. The molecule has 0 amide bonds. The van der Waals surface area contributed by atoms with Crippen LogP contribution in [0, 0.1) is 0 Å². The molecular weight excluding hydrogens is 336 g/mol. The van der Waals surface area contributed by atoms with Crippen LogP contribution in [0.5, 0.6) is 5.88 Å². The largest absolute Gasteiger partial charge is 0.494 e. The number of hydrogen-bond acceptors (Lipinski definition) is 4. The molecule has 0 bridgehead atoms. The monoisotopic (exact) mass is 354 g/mol. The van der Waals surface area contributed by atoms with Gasteiger partial charge in [0.2, 0.25) is 0 Å². The first kappa shape index (κ1) is 15.9. The summed E-state index contributed by atoms with van der Waals surface area (Å²) in [6.07, 6.45) is 1.17. The van der Waals surface area contributed by atoms with Gasteiger partial charge >= 0.3 is 0 Å². The van der Waals surface area contributed by atoms with Crippen molar-refractivity contribution < 1.29 is 13.5 Å². The van der Waals surface area contributed by atoms with Gasteiger partial charge in [-0.05, 0) is 29.8 Å². The van der Waals surface area contributed by atoms with E-state index in [2.05, 4.69) is 18.8 Å². The van der Waals surface area contributed by atoms with Crippen molar-refractivity contribution in [3.05, 3.63) is 53.6 Å². The highest BCUT2D eigenvalue weighted by atomic mass is 32.2. The second-order valence-corrected chi connectivity index (χ2v) is 8.95. The molecule has 2 aromatic carbocycles. The first-order valence-electron chi connectivity index (χ1n) is 7.93. The number of aromatic amines is 1. The van der Waals surface area contributed by atoms with Crippen molar-refractivity contribution in [1.82, 2.24) is 4.98 Å². The van der Waals surface area contributed by atoms with E-state index in [1.54, 1.807) is 12.1 Å². The minimum Gasteiger partial charge on any atom is -0.494 e. The van der Waals surface area contributed by atoms with E-state index in [4.69, 9.17) is 4.99 Å². The predicted molar refractivity (Wildman–Crippen MR) is 98.7 cm³/mol. The highest BCUT2D eigenvalue weighted by molar-refractivity contribution is 7.90. The molecule has 5 nitrogen and oxygen atoms in total. The van der Waals surface area contributed by atoms with E-state index in [9.17, 15) is 13.5 Å². The molecule has 0 fully saturated rings. The lowest BCUT2D eigenvalue weighted by atomic mass is 9.79. The van der Waals surface area contributed by atoms with E-state index in [0.717, 1.165) is 17.0 Å². The average Bonchev–Trinajstić information content (AvgIpc) is 2.99. The first-order valence-corrected chi connectivity index (χ1v) is 9.82. The Kier molecular flexibility index (Phi) is 3.15. The molecule has 0 radical (unpaired) electrons. The molecule has 1 aromatic heterocycles. The second kappa shape index (κ2) is 4.95. The Balaban J connectivity index is 2.01. The van der Waals surface area contributed by atoms with Crippen LogP contribution in [-0.2, 0) is 15.3 Å². The fraction of sp³-hybridized carbons (Fsp3) is 0.211. The number of para-hydroxylation sites is 1. The van der Waals surface area contributed by atoms with Gasteiger partial charge in [-0.2, -0.15) is 0 Å². The zero-order chi connectivity index (χ0) is 18.0. The van der Waals surface area contributed by atoms with Gasteiger partial charge in [-0.1, -0.05) is 32.0 Å². The number of hydrogen-bond donors (Lipinski definition) is 2. The molecule has 6 heteroatoms. The maximum atomic E-state index is 11.9. The zero-order valence-corrected chi connectivity index (χ0v) is 15.0. The van der Waals surface area contributed by atoms with Gasteiger partial charge in [0.25, 0.3) is 0 Å². The topological polar surface area (TPSA) is 82.5 Å². The van der Waals surface area contributed by atoms with Crippen LogP contribution in [-0.4, -0.2) is 30.5 Å². The van der Waals surface area contributed by atoms with Crippen molar-refractivity contribution in [1.29, 1.82) is 0 Å². The summed E-state index contributed by atoms with van der Waals surface area (Å²) in [5.41, 5.74) is 3.51. The van der Waals surface area contributed by atoms with Gasteiger partial charge in [-0.3, -0.25) is 4.99 Å². The fourth-order valence-corrected chi connectivity index (χ4v) is 4.13. The van der Waals surface area contributed by atoms with Crippen LogP contribution in [0.2, 0.25) is 0 Å². The van der Waals surface area contributed by atoms with E-state index in [1.165, 1.54) is 12.3 Å². The third-order valence-electron chi connectivity index (χ3n) is 4.82. The number of nitrogens with zero attached hydrogens (tertiary/aromatic N) is 1. The average molecular weight is 354 g/mol. The molecule has 0 atom stereocenters. The minimum absolute atomic E-state index is 0.000261. The van der Waals surface area contributed by atoms with Crippen molar-refractivity contribution in [3.63, 3.8) is 0 Å². The van der Waals surface area contributed by atoms with Gasteiger partial charge < -0.3 is 10.1 Å². The Morgan fingerprint density at radius 3 is 2.52 bits per heavy atom. The lowest BCUT2D eigenvalue weighted by molar-refractivity contribution is 0.456. The van der Waals surface area contributed by atoms with Gasteiger partial charge in [0.05, 0.1) is 21.9 Å². The van der Waals surface area contributed by atoms with Crippen LogP contribution in [0.25, 0.3) is 10.9 Å². The van der Waals surface area contributed by atoms with Gasteiger partial charge in [-0.25, -0.2) is 8.42 Å². The summed E-state index contributed by atoms with van der Waals surface area (Å²) in [5.74, 6) is 0.000261. The van der Waals surface area contributed by atoms with E-state index in [-0.39, 0.29) is 10.8 Å². The molecule has 25 heavy (non-hydrogen) atoms. The number of aromatic nitrogens is 1. The van der Waals surface area contributed by atoms with Gasteiger partial charge in [0.15, 0.2) is 15.7 Å². The van der Waals surface area contributed by atoms with Crippen LogP contribution < -0.4 is 0 Å². The van der Waals surface area contributed by atoms with Crippen LogP contribution in [0.15, 0.2) is 52.4 Å². The highest BCUT2D eigenvalue weighted by Crippen LogP contribution is 2.45. The van der Waals surface area contributed by atoms with E-state index < -0.39 is 15.3 Å². The third-order valence-corrected chi connectivity index (χ3v) is 5.93. The lowest BCUT2D eigenvalue weighted by Crippen LogP contribution is -2.26. The maximum Gasteiger partial charge on any atom is 0.198 e. The van der Waals surface area contributed by atoms with Gasteiger partial charge in [0.1, 0.15) is 0 Å². The lowest BCUT2D eigenvalue weighted by Gasteiger charge is -2.22. The molecule has 1 aliphatic heterocycles. The molecule has 0 saturated heterocycles. The molecule has 128 valence electrons. The Morgan fingerprint density at radius 1 is 1.12 bits per heavy atom. The Labute approximate surface area is 146 Å². The third kappa shape index (κ3) is 2.28. The number of rotatable bonds is 2. The van der Waals surface area contributed by atoms with Crippen LogP contribution in [0.4, 0.5) is 5.69 Å². The first-order chi connectivity index (χ1) is 11.7. The number of benzene rings is 2. The summed E-state index contributed by atoms with van der Waals surface area (Å²) < 4.78 is 23.8. The molecule has 3 aromatic rings. The Bertz CT molecular complexity index is 1150. The summed E-state index contributed by atoms with van der Waals surface area (Å²) in [4.78, 5) is 7.88. The Hall–Kier alpha value is -2.60. The molecule has 1 aliphatic rings. The quantitative estimate of drug-likeness (QED) is 0.736. The van der Waals surface area contributed by atoms with Crippen LogP contribution in [0.1, 0.15) is 25.0 Å². The number of aromatic hydroxyl groups is 1. The molecule has 2 heterocycles. The van der Waals surface area contributed by atoms with Crippen LogP contribution in [0.3, 0.4) is 0 Å². The second-order valence-electron chi connectivity index (χ2n) is 6.93.